The van der Waals surface area contributed by atoms with Gasteiger partial charge in [-0.2, -0.15) is 0 Å². The van der Waals surface area contributed by atoms with Crippen LogP contribution in [0.15, 0.2) is 4.90 Å². The van der Waals surface area contributed by atoms with Crippen LogP contribution < -0.4 is 16.8 Å². The number of amides is 1. The SMILES string of the molecule is CCS(=O)(=O)c1c(NC2CCN(C)C2)sc(C(N)=O)c1N. The summed E-state index contributed by atoms with van der Waals surface area (Å²) >= 11 is 1.02. The second kappa shape index (κ2) is 5.82. The van der Waals surface area contributed by atoms with Crippen molar-refractivity contribution in [2.24, 2.45) is 5.73 Å². The molecule has 21 heavy (non-hydrogen) atoms. The lowest BCUT2D eigenvalue weighted by Crippen LogP contribution is -2.24. The summed E-state index contributed by atoms with van der Waals surface area (Å²) in [5.74, 6) is -0.785. The highest BCUT2D eigenvalue weighted by atomic mass is 32.2. The lowest BCUT2D eigenvalue weighted by Gasteiger charge is -2.14. The Hall–Kier alpha value is -1.32. The summed E-state index contributed by atoms with van der Waals surface area (Å²) in [6, 6.07) is 0.139. The maximum atomic E-state index is 12.2. The maximum Gasteiger partial charge on any atom is 0.261 e. The maximum absolute atomic E-state index is 12.2. The van der Waals surface area contributed by atoms with Crippen molar-refractivity contribution in [3.8, 4) is 0 Å². The third kappa shape index (κ3) is 3.14. The second-order valence-corrected chi connectivity index (χ2v) is 8.40. The number of primary amides is 1. The van der Waals surface area contributed by atoms with Gasteiger partial charge in [-0.15, -0.1) is 11.3 Å². The van der Waals surface area contributed by atoms with E-state index in [-0.39, 0.29) is 27.3 Å². The first-order chi connectivity index (χ1) is 9.76. The van der Waals surface area contributed by atoms with Gasteiger partial charge in [0.1, 0.15) is 14.8 Å². The number of anilines is 2. The Morgan fingerprint density at radius 2 is 2.19 bits per heavy atom. The quantitative estimate of drug-likeness (QED) is 0.715. The Morgan fingerprint density at radius 3 is 2.67 bits per heavy atom. The molecule has 2 rings (SSSR count). The number of nitrogen functional groups attached to an aromatic ring is 1. The van der Waals surface area contributed by atoms with E-state index < -0.39 is 15.7 Å². The Bertz CT molecular complexity index is 654. The van der Waals surface area contributed by atoms with E-state index >= 15 is 0 Å². The van der Waals surface area contributed by atoms with Crippen LogP contribution in [-0.4, -0.2) is 51.2 Å². The molecule has 1 saturated heterocycles. The first kappa shape index (κ1) is 16.1. The summed E-state index contributed by atoms with van der Waals surface area (Å²) in [4.78, 5) is 13.7. The molecule has 0 aliphatic carbocycles. The lowest BCUT2D eigenvalue weighted by atomic mass is 10.2. The van der Waals surface area contributed by atoms with Crippen molar-refractivity contribution in [1.82, 2.24) is 4.90 Å². The van der Waals surface area contributed by atoms with Gasteiger partial charge in [-0.1, -0.05) is 6.92 Å². The number of nitrogens with two attached hydrogens (primary N) is 2. The van der Waals surface area contributed by atoms with Crippen LogP contribution in [0.2, 0.25) is 0 Å². The van der Waals surface area contributed by atoms with Gasteiger partial charge in [-0.25, -0.2) is 8.42 Å². The molecule has 0 bridgehead atoms. The molecule has 0 saturated carbocycles. The zero-order chi connectivity index (χ0) is 15.8. The van der Waals surface area contributed by atoms with Crippen LogP contribution in [0, 0.1) is 0 Å². The fraction of sp³-hybridized carbons (Fsp3) is 0.583. The van der Waals surface area contributed by atoms with E-state index in [1.807, 2.05) is 7.05 Å². The minimum absolute atomic E-state index is 0.0124. The van der Waals surface area contributed by atoms with Gasteiger partial charge in [0, 0.05) is 12.6 Å². The molecule has 1 amide bonds. The van der Waals surface area contributed by atoms with E-state index in [9.17, 15) is 13.2 Å². The highest BCUT2D eigenvalue weighted by molar-refractivity contribution is 7.91. The molecular weight excluding hydrogens is 312 g/mol. The number of likely N-dealkylation sites (tertiary alicyclic amines) is 1. The average Bonchev–Trinajstić information content (AvgIpc) is 2.94. The van der Waals surface area contributed by atoms with Gasteiger partial charge < -0.3 is 21.7 Å². The van der Waals surface area contributed by atoms with Crippen molar-refractivity contribution in [2.45, 2.75) is 24.3 Å². The molecule has 1 aromatic heterocycles. The van der Waals surface area contributed by atoms with Gasteiger partial charge in [0.05, 0.1) is 11.4 Å². The molecule has 2 heterocycles. The monoisotopic (exact) mass is 332 g/mol. The largest absolute Gasteiger partial charge is 0.396 e. The summed E-state index contributed by atoms with van der Waals surface area (Å²) in [5.41, 5.74) is 11.1. The standard InChI is InChI=1S/C12H20N4O3S2/c1-3-21(18,19)10-8(13)9(11(14)17)20-12(10)15-7-4-5-16(2)6-7/h7,15H,3-6,13H2,1-2H3,(H2,14,17). The summed E-state index contributed by atoms with van der Waals surface area (Å²) < 4.78 is 24.5. The number of carbonyl (C=O) groups is 1. The first-order valence-corrected chi connectivity index (χ1v) is 9.13. The summed E-state index contributed by atoms with van der Waals surface area (Å²) in [6.45, 7) is 3.30. The normalized spacial score (nSPS) is 19.8. The zero-order valence-corrected chi connectivity index (χ0v) is 13.7. The Labute approximate surface area is 128 Å². The van der Waals surface area contributed by atoms with Crippen LogP contribution in [-0.2, 0) is 9.84 Å². The molecule has 9 heteroatoms. The average molecular weight is 332 g/mol. The highest BCUT2D eigenvalue weighted by Crippen LogP contribution is 2.40. The molecule has 5 N–H and O–H groups in total. The first-order valence-electron chi connectivity index (χ1n) is 6.66. The van der Waals surface area contributed by atoms with Crippen molar-refractivity contribution in [3.05, 3.63) is 4.88 Å². The predicted molar refractivity (Wildman–Crippen MR) is 84.5 cm³/mol. The lowest BCUT2D eigenvalue weighted by molar-refractivity contribution is 0.100. The number of nitrogens with zero attached hydrogens (tertiary/aromatic N) is 1. The summed E-state index contributed by atoms with van der Waals surface area (Å²) in [6.07, 6.45) is 0.909. The predicted octanol–water partition coefficient (Wildman–Crippen LogP) is 0.339. The van der Waals surface area contributed by atoms with Gasteiger partial charge in [0.15, 0.2) is 9.84 Å². The molecule has 0 spiro atoms. The fourth-order valence-corrected chi connectivity index (χ4v) is 4.98. The van der Waals surface area contributed by atoms with Crippen molar-refractivity contribution in [3.63, 3.8) is 0 Å². The van der Waals surface area contributed by atoms with Gasteiger partial charge in [0.2, 0.25) is 0 Å². The van der Waals surface area contributed by atoms with Crippen LogP contribution >= 0.6 is 11.3 Å². The Kier molecular flexibility index (Phi) is 4.45. The van der Waals surface area contributed by atoms with Gasteiger partial charge in [-0.05, 0) is 20.0 Å². The number of nitrogens with one attached hydrogen (secondary N) is 1. The van der Waals surface area contributed by atoms with E-state index in [1.54, 1.807) is 6.92 Å². The molecular formula is C12H20N4O3S2. The molecule has 7 nitrogen and oxygen atoms in total. The molecule has 1 aliphatic rings. The van der Waals surface area contributed by atoms with Crippen molar-refractivity contribution >= 4 is 37.8 Å². The number of sulfone groups is 1. The van der Waals surface area contributed by atoms with Crippen LogP contribution in [0.4, 0.5) is 10.7 Å². The molecule has 118 valence electrons. The molecule has 1 fully saturated rings. The number of hydrogen-bond donors (Lipinski definition) is 3. The Balaban J connectivity index is 2.44. The summed E-state index contributed by atoms with van der Waals surface area (Å²) in [7, 11) is -1.52. The van der Waals surface area contributed by atoms with Crippen molar-refractivity contribution < 1.29 is 13.2 Å². The van der Waals surface area contributed by atoms with Crippen LogP contribution in [0.25, 0.3) is 0 Å². The number of likely N-dealkylation sites (N-methyl/N-ethyl adjacent to an activating group) is 1. The van der Waals surface area contributed by atoms with Crippen LogP contribution in [0.1, 0.15) is 23.0 Å². The molecule has 1 unspecified atom stereocenters. The number of hydrogen-bond acceptors (Lipinski definition) is 7. The minimum atomic E-state index is -3.53. The van der Waals surface area contributed by atoms with E-state index in [0.717, 1.165) is 30.8 Å². The van der Waals surface area contributed by atoms with E-state index in [0.29, 0.717) is 5.00 Å². The zero-order valence-electron chi connectivity index (χ0n) is 12.0. The van der Waals surface area contributed by atoms with Crippen molar-refractivity contribution in [1.29, 1.82) is 0 Å². The van der Waals surface area contributed by atoms with Gasteiger partial charge in [0.25, 0.3) is 5.91 Å². The molecule has 1 aromatic rings. The molecule has 1 aliphatic heterocycles. The number of thiophene rings is 1. The third-order valence-electron chi connectivity index (χ3n) is 3.54. The topological polar surface area (TPSA) is 119 Å². The smallest absolute Gasteiger partial charge is 0.261 e. The van der Waals surface area contributed by atoms with Crippen LogP contribution in [0.3, 0.4) is 0 Å². The number of carbonyl (C=O) groups excluding carboxylic acids is 1. The molecule has 0 aromatic carbocycles. The second-order valence-electron chi connectivity index (χ2n) is 5.16. The third-order valence-corrected chi connectivity index (χ3v) is 6.63. The van der Waals surface area contributed by atoms with E-state index in [4.69, 9.17) is 11.5 Å². The number of rotatable bonds is 5. The van der Waals surface area contributed by atoms with Gasteiger partial charge in [-0.3, -0.25) is 4.79 Å². The fourth-order valence-electron chi connectivity index (χ4n) is 2.40. The highest BCUT2D eigenvalue weighted by Gasteiger charge is 2.30. The summed E-state index contributed by atoms with van der Waals surface area (Å²) in [5, 5.41) is 3.63. The minimum Gasteiger partial charge on any atom is -0.396 e. The van der Waals surface area contributed by atoms with Crippen LogP contribution in [0.5, 0.6) is 0 Å². The Morgan fingerprint density at radius 1 is 1.52 bits per heavy atom. The van der Waals surface area contributed by atoms with E-state index in [1.165, 1.54) is 0 Å². The molecule has 1 atom stereocenters. The molecule has 0 radical (unpaired) electrons. The van der Waals surface area contributed by atoms with Crippen molar-refractivity contribution in [2.75, 3.05) is 36.9 Å². The van der Waals surface area contributed by atoms with E-state index in [2.05, 4.69) is 10.2 Å². The van der Waals surface area contributed by atoms with Gasteiger partial charge >= 0.3 is 0 Å².